The second-order valence-corrected chi connectivity index (χ2v) is 13.1. The van der Waals surface area contributed by atoms with E-state index in [0.717, 1.165) is 53.8 Å². The molecule has 7 nitrogen and oxygen atoms in total. The number of carbonyl (C=O) groups excluding carboxylic acids is 2. The summed E-state index contributed by atoms with van der Waals surface area (Å²) in [6, 6.07) is 22.9. The van der Waals surface area contributed by atoms with Crippen molar-refractivity contribution in [2.24, 2.45) is 0 Å². The fourth-order valence-corrected chi connectivity index (χ4v) is 6.34. The van der Waals surface area contributed by atoms with Crippen molar-refractivity contribution in [2.45, 2.75) is 64.1 Å². The molecule has 9 heteroatoms. The molecule has 4 rings (SSSR count). The molecular formula is C32H38ClN3O4S. The molecular weight excluding hydrogens is 558 g/mol. The maximum absolute atomic E-state index is 14.2. The molecule has 1 fully saturated rings. The topological polar surface area (TPSA) is 86.8 Å². The molecule has 0 heterocycles. The first kappa shape index (κ1) is 30.6. The number of anilines is 1. The molecule has 0 unspecified atom stereocenters. The molecule has 2 amide bonds. The summed E-state index contributed by atoms with van der Waals surface area (Å²) < 4.78 is 26.9. The predicted molar refractivity (Wildman–Crippen MR) is 164 cm³/mol. The molecule has 1 aliphatic rings. The van der Waals surface area contributed by atoms with E-state index in [4.69, 9.17) is 11.6 Å². The lowest BCUT2D eigenvalue weighted by Crippen LogP contribution is -2.55. The lowest BCUT2D eigenvalue weighted by atomic mass is 9.94. The van der Waals surface area contributed by atoms with Gasteiger partial charge in [0.25, 0.3) is 0 Å². The van der Waals surface area contributed by atoms with Gasteiger partial charge in [-0.05, 0) is 54.7 Å². The number of hydrogen-bond acceptors (Lipinski definition) is 4. The van der Waals surface area contributed by atoms with Crippen LogP contribution in [0, 0.1) is 6.92 Å². The highest BCUT2D eigenvalue weighted by atomic mass is 35.5. The van der Waals surface area contributed by atoms with Crippen molar-refractivity contribution in [3.8, 4) is 0 Å². The SMILES string of the molecule is Cc1cccc(N(CC(=O)N(Cc2ccccc2Cl)[C@@H](Cc2ccccc2)C(=O)NC2CCCCC2)S(C)(=O)=O)c1. The number of carbonyl (C=O) groups is 2. The Morgan fingerprint density at radius 3 is 2.29 bits per heavy atom. The predicted octanol–water partition coefficient (Wildman–Crippen LogP) is 5.50. The van der Waals surface area contributed by atoms with Crippen molar-refractivity contribution in [1.82, 2.24) is 10.2 Å². The van der Waals surface area contributed by atoms with Gasteiger partial charge in [0.2, 0.25) is 21.8 Å². The normalized spacial score (nSPS) is 14.7. The highest BCUT2D eigenvalue weighted by molar-refractivity contribution is 7.92. The third kappa shape index (κ3) is 8.57. The van der Waals surface area contributed by atoms with Crippen LogP contribution in [-0.4, -0.2) is 50.0 Å². The van der Waals surface area contributed by atoms with Crippen LogP contribution < -0.4 is 9.62 Å². The van der Waals surface area contributed by atoms with Crippen LogP contribution in [0.3, 0.4) is 0 Å². The van der Waals surface area contributed by atoms with Crippen LogP contribution in [-0.2, 0) is 32.6 Å². The van der Waals surface area contributed by atoms with E-state index >= 15 is 0 Å². The van der Waals surface area contributed by atoms with Crippen LogP contribution >= 0.6 is 11.6 Å². The average Bonchev–Trinajstić information content (AvgIpc) is 2.95. The van der Waals surface area contributed by atoms with Crippen molar-refractivity contribution in [2.75, 3.05) is 17.1 Å². The zero-order valence-corrected chi connectivity index (χ0v) is 25.2. The van der Waals surface area contributed by atoms with Crippen LogP contribution in [0.2, 0.25) is 5.02 Å². The largest absolute Gasteiger partial charge is 0.352 e. The molecule has 0 aromatic heterocycles. The number of sulfonamides is 1. The van der Waals surface area contributed by atoms with Gasteiger partial charge in [-0.25, -0.2) is 8.42 Å². The standard InChI is InChI=1S/C32H38ClN3O4S/c1-24-12-11-18-28(20-24)36(41(2,39)40)23-31(37)35(22-26-15-9-10-19-29(26)33)30(21-25-13-5-3-6-14-25)32(38)34-27-16-7-4-8-17-27/h3,5-6,9-15,18-20,27,30H,4,7-8,16-17,21-23H2,1-2H3,(H,34,38)/t30-/m0/s1. The lowest BCUT2D eigenvalue weighted by Gasteiger charge is -2.35. The van der Waals surface area contributed by atoms with Crippen LogP contribution in [0.4, 0.5) is 5.69 Å². The molecule has 1 aliphatic carbocycles. The number of benzene rings is 3. The number of nitrogens with zero attached hydrogens (tertiary/aromatic N) is 2. The Balaban J connectivity index is 1.73. The first-order valence-electron chi connectivity index (χ1n) is 14.0. The molecule has 0 aliphatic heterocycles. The molecule has 1 saturated carbocycles. The van der Waals surface area contributed by atoms with Gasteiger partial charge >= 0.3 is 0 Å². The number of aryl methyl sites for hydroxylation is 1. The first-order valence-corrected chi connectivity index (χ1v) is 16.3. The molecule has 0 saturated heterocycles. The van der Waals surface area contributed by atoms with E-state index in [0.29, 0.717) is 16.3 Å². The molecule has 0 bridgehead atoms. The Hall–Kier alpha value is -3.36. The molecule has 0 radical (unpaired) electrons. The third-order valence-corrected chi connectivity index (χ3v) is 9.00. The van der Waals surface area contributed by atoms with Gasteiger partial charge in [0.05, 0.1) is 11.9 Å². The molecule has 1 atom stereocenters. The van der Waals surface area contributed by atoms with E-state index in [2.05, 4.69) is 5.32 Å². The van der Waals surface area contributed by atoms with Crippen LogP contribution in [0.25, 0.3) is 0 Å². The third-order valence-electron chi connectivity index (χ3n) is 7.49. The summed E-state index contributed by atoms with van der Waals surface area (Å²) in [5.41, 5.74) is 2.83. The number of hydrogen-bond donors (Lipinski definition) is 1. The zero-order valence-electron chi connectivity index (χ0n) is 23.6. The van der Waals surface area contributed by atoms with Gasteiger partial charge in [0.1, 0.15) is 12.6 Å². The number of rotatable bonds is 11. The van der Waals surface area contributed by atoms with E-state index in [1.54, 1.807) is 30.3 Å². The van der Waals surface area contributed by atoms with E-state index < -0.39 is 28.5 Å². The summed E-state index contributed by atoms with van der Waals surface area (Å²) in [7, 11) is -3.81. The Kier molecular flexibility index (Phi) is 10.5. The smallest absolute Gasteiger partial charge is 0.244 e. The molecule has 218 valence electrons. The molecule has 3 aromatic carbocycles. The van der Waals surface area contributed by atoms with E-state index in [1.807, 2.05) is 55.5 Å². The second kappa shape index (κ2) is 14.0. The zero-order chi connectivity index (χ0) is 29.4. The highest BCUT2D eigenvalue weighted by Gasteiger charge is 2.34. The Labute approximate surface area is 248 Å². The lowest BCUT2D eigenvalue weighted by molar-refractivity contribution is -0.140. The monoisotopic (exact) mass is 595 g/mol. The highest BCUT2D eigenvalue weighted by Crippen LogP contribution is 2.24. The second-order valence-electron chi connectivity index (χ2n) is 10.8. The van der Waals surface area contributed by atoms with Gasteiger partial charge in [-0.2, -0.15) is 0 Å². The van der Waals surface area contributed by atoms with Crippen LogP contribution in [0.5, 0.6) is 0 Å². The number of amides is 2. The van der Waals surface area contributed by atoms with Crippen LogP contribution in [0.15, 0.2) is 78.9 Å². The van der Waals surface area contributed by atoms with Gasteiger partial charge in [0.15, 0.2) is 0 Å². The average molecular weight is 596 g/mol. The summed E-state index contributed by atoms with van der Waals surface area (Å²) in [6.45, 7) is 1.47. The Morgan fingerprint density at radius 2 is 1.63 bits per heavy atom. The maximum Gasteiger partial charge on any atom is 0.244 e. The van der Waals surface area contributed by atoms with Gasteiger partial charge in [0, 0.05) is 24.0 Å². The number of nitrogens with one attached hydrogen (secondary N) is 1. The minimum absolute atomic E-state index is 0.0478. The summed E-state index contributed by atoms with van der Waals surface area (Å²) in [4.78, 5) is 29.7. The van der Waals surface area contributed by atoms with Crippen molar-refractivity contribution in [1.29, 1.82) is 0 Å². The fraction of sp³-hybridized carbons (Fsp3) is 0.375. The maximum atomic E-state index is 14.2. The Bertz CT molecular complexity index is 1440. The van der Waals surface area contributed by atoms with Crippen LogP contribution in [0.1, 0.15) is 48.8 Å². The summed E-state index contributed by atoms with van der Waals surface area (Å²) >= 11 is 6.52. The van der Waals surface area contributed by atoms with E-state index in [-0.39, 0.29) is 24.9 Å². The molecule has 0 spiro atoms. The van der Waals surface area contributed by atoms with Gasteiger partial charge in [-0.15, -0.1) is 0 Å². The summed E-state index contributed by atoms with van der Waals surface area (Å²) in [5.74, 6) is -0.737. The first-order chi connectivity index (χ1) is 19.6. The van der Waals surface area contributed by atoms with Crippen molar-refractivity contribution in [3.05, 3.63) is 101 Å². The van der Waals surface area contributed by atoms with Gasteiger partial charge < -0.3 is 10.2 Å². The van der Waals surface area contributed by atoms with E-state index in [9.17, 15) is 18.0 Å². The quantitative estimate of drug-likeness (QED) is 0.317. The fourth-order valence-electron chi connectivity index (χ4n) is 5.31. The molecule has 3 aromatic rings. The Morgan fingerprint density at radius 1 is 0.951 bits per heavy atom. The molecule has 41 heavy (non-hydrogen) atoms. The van der Waals surface area contributed by atoms with Crippen molar-refractivity contribution < 1.29 is 18.0 Å². The molecule has 1 N–H and O–H groups in total. The van der Waals surface area contributed by atoms with Gasteiger partial charge in [-0.3, -0.25) is 13.9 Å². The van der Waals surface area contributed by atoms with E-state index in [1.165, 1.54) is 4.90 Å². The van der Waals surface area contributed by atoms with Gasteiger partial charge in [-0.1, -0.05) is 91.5 Å². The summed E-state index contributed by atoms with van der Waals surface area (Å²) in [6.07, 6.45) is 6.41. The summed E-state index contributed by atoms with van der Waals surface area (Å²) in [5, 5.41) is 3.67. The number of halogens is 1. The minimum Gasteiger partial charge on any atom is -0.352 e. The van der Waals surface area contributed by atoms with Crippen molar-refractivity contribution in [3.63, 3.8) is 0 Å². The van der Waals surface area contributed by atoms with Crippen molar-refractivity contribution >= 4 is 39.1 Å². The minimum atomic E-state index is -3.81.